The van der Waals surface area contributed by atoms with Gasteiger partial charge >= 0.3 is 6.09 Å². The average molecular weight is 411 g/mol. The molecule has 1 aliphatic heterocycles. The number of ether oxygens (including phenoxy) is 2. The number of fused-ring (bicyclic) bond motifs is 1. The maximum absolute atomic E-state index is 11.4. The smallest absolute Gasteiger partial charge is 0.407 e. The van der Waals surface area contributed by atoms with Gasteiger partial charge in [-0.2, -0.15) is 0 Å². The van der Waals surface area contributed by atoms with Crippen LogP contribution in [0.4, 0.5) is 4.79 Å². The fourth-order valence-corrected chi connectivity index (χ4v) is 3.87. The summed E-state index contributed by atoms with van der Waals surface area (Å²) in [6.07, 6.45) is 1.59. The lowest BCUT2D eigenvalue weighted by Gasteiger charge is -2.32. The van der Waals surface area contributed by atoms with Crippen LogP contribution in [-0.2, 0) is 17.8 Å². The standard InChI is InChI=1S/C24H30N2O4/c1-16(25-24(28)29-2)19-7-5-17(6-8-19)12-26-13-20-9-10-21(30-15-18-3-4-18)11-22(20)23(27)14-26/h5-11,16,18,23,27H,3-4,12-15H2,1-2H3,(H,25,28)/t16-,23?/m0/s1. The number of hydrogen-bond donors (Lipinski definition) is 2. The van der Waals surface area contributed by atoms with E-state index in [1.807, 2.05) is 31.2 Å². The molecule has 0 bridgehead atoms. The van der Waals surface area contributed by atoms with Gasteiger partial charge < -0.3 is 19.9 Å². The second-order valence-corrected chi connectivity index (χ2v) is 8.40. The Bertz CT molecular complexity index is 879. The van der Waals surface area contributed by atoms with E-state index in [0.717, 1.165) is 42.1 Å². The minimum Gasteiger partial charge on any atom is -0.493 e. The molecule has 6 heteroatoms. The van der Waals surface area contributed by atoms with E-state index in [1.165, 1.54) is 25.5 Å². The first-order valence-electron chi connectivity index (χ1n) is 10.6. The first-order valence-corrected chi connectivity index (χ1v) is 10.6. The van der Waals surface area contributed by atoms with Crippen molar-refractivity contribution in [2.75, 3.05) is 20.3 Å². The Morgan fingerprint density at radius 2 is 2.00 bits per heavy atom. The fraction of sp³-hybridized carbons (Fsp3) is 0.458. The van der Waals surface area contributed by atoms with E-state index in [1.54, 1.807) is 0 Å². The molecular weight excluding hydrogens is 380 g/mol. The number of alkyl carbamates (subject to hydrolysis) is 1. The van der Waals surface area contributed by atoms with Crippen molar-refractivity contribution in [1.82, 2.24) is 10.2 Å². The van der Waals surface area contributed by atoms with E-state index in [2.05, 4.69) is 33.2 Å². The molecule has 0 radical (unpaired) electrons. The van der Waals surface area contributed by atoms with Crippen LogP contribution in [0, 0.1) is 5.92 Å². The number of hydrogen-bond acceptors (Lipinski definition) is 5. The monoisotopic (exact) mass is 410 g/mol. The zero-order valence-electron chi connectivity index (χ0n) is 17.6. The number of nitrogens with one attached hydrogen (secondary N) is 1. The number of aliphatic hydroxyl groups is 1. The number of rotatable bonds is 7. The molecule has 30 heavy (non-hydrogen) atoms. The van der Waals surface area contributed by atoms with Crippen LogP contribution in [0.5, 0.6) is 5.75 Å². The predicted molar refractivity (Wildman–Crippen MR) is 114 cm³/mol. The molecule has 2 aromatic rings. The topological polar surface area (TPSA) is 71.0 Å². The van der Waals surface area contributed by atoms with Crippen LogP contribution in [-0.4, -0.2) is 36.4 Å². The first-order chi connectivity index (χ1) is 14.5. The largest absolute Gasteiger partial charge is 0.493 e. The highest BCUT2D eigenvalue weighted by Gasteiger charge is 2.25. The summed E-state index contributed by atoms with van der Waals surface area (Å²) in [5.41, 5.74) is 4.33. The normalized spacial score (nSPS) is 19.6. The van der Waals surface area contributed by atoms with Gasteiger partial charge in [-0.3, -0.25) is 4.90 Å². The third-order valence-corrected chi connectivity index (χ3v) is 5.89. The Hall–Kier alpha value is -2.57. The molecule has 1 heterocycles. The SMILES string of the molecule is COC(=O)N[C@@H](C)c1ccc(CN2Cc3ccc(OCC4CC4)cc3C(O)C2)cc1. The van der Waals surface area contributed by atoms with E-state index in [-0.39, 0.29) is 6.04 Å². The van der Waals surface area contributed by atoms with Crippen LogP contribution in [0.3, 0.4) is 0 Å². The van der Waals surface area contributed by atoms with Crippen LogP contribution >= 0.6 is 0 Å². The zero-order valence-corrected chi connectivity index (χ0v) is 17.6. The average Bonchev–Trinajstić information content (AvgIpc) is 3.57. The molecule has 1 fully saturated rings. The van der Waals surface area contributed by atoms with Gasteiger partial charge in [0, 0.05) is 19.6 Å². The van der Waals surface area contributed by atoms with E-state index in [9.17, 15) is 9.90 Å². The Labute approximate surface area is 177 Å². The van der Waals surface area contributed by atoms with Gasteiger partial charge in [-0.15, -0.1) is 0 Å². The number of methoxy groups -OCH3 is 1. The Kier molecular flexibility index (Phi) is 6.25. The van der Waals surface area contributed by atoms with E-state index in [4.69, 9.17) is 4.74 Å². The van der Waals surface area contributed by atoms with Crippen LogP contribution in [0.1, 0.15) is 54.2 Å². The quantitative estimate of drug-likeness (QED) is 0.723. The molecule has 1 unspecified atom stereocenters. The maximum Gasteiger partial charge on any atom is 0.407 e. The van der Waals surface area contributed by atoms with Crippen molar-refractivity contribution in [1.29, 1.82) is 0 Å². The van der Waals surface area contributed by atoms with E-state index in [0.29, 0.717) is 12.5 Å². The van der Waals surface area contributed by atoms with Gasteiger partial charge in [0.1, 0.15) is 5.75 Å². The van der Waals surface area contributed by atoms with E-state index < -0.39 is 12.2 Å². The van der Waals surface area contributed by atoms with Crippen molar-refractivity contribution in [2.24, 2.45) is 5.92 Å². The van der Waals surface area contributed by atoms with Gasteiger partial charge in [0.2, 0.25) is 0 Å². The highest BCUT2D eigenvalue weighted by atomic mass is 16.5. The molecule has 2 aliphatic rings. The highest BCUT2D eigenvalue weighted by molar-refractivity contribution is 5.67. The Morgan fingerprint density at radius 1 is 1.23 bits per heavy atom. The number of β-amino-alcohol motifs (C(OH)–C–C–N with tert-alkyl or cyclic N) is 1. The summed E-state index contributed by atoms with van der Waals surface area (Å²) in [6.45, 7) is 4.87. The third kappa shape index (κ3) is 5.12. The minimum absolute atomic E-state index is 0.119. The van der Waals surface area contributed by atoms with Crippen molar-refractivity contribution in [3.63, 3.8) is 0 Å². The number of aliphatic hydroxyl groups excluding tert-OH is 1. The lowest BCUT2D eigenvalue weighted by Crippen LogP contribution is -2.33. The molecule has 160 valence electrons. The molecule has 1 amide bonds. The summed E-state index contributed by atoms with van der Waals surface area (Å²) >= 11 is 0. The molecule has 0 saturated heterocycles. The fourth-order valence-electron chi connectivity index (χ4n) is 3.87. The summed E-state index contributed by atoms with van der Waals surface area (Å²) in [5, 5.41) is 13.5. The summed E-state index contributed by atoms with van der Waals surface area (Å²) in [5.74, 6) is 1.57. The molecule has 2 N–H and O–H groups in total. The maximum atomic E-state index is 11.4. The van der Waals surface area contributed by atoms with Crippen LogP contribution in [0.15, 0.2) is 42.5 Å². The van der Waals surface area contributed by atoms with Gasteiger partial charge in [-0.1, -0.05) is 30.3 Å². The highest BCUT2D eigenvalue weighted by Crippen LogP contribution is 2.33. The first kappa shape index (κ1) is 20.7. The molecule has 0 aromatic heterocycles. The van der Waals surface area contributed by atoms with Crippen LogP contribution in [0.2, 0.25) is 0 Å². The number of nitrogens with zero attached hydrogens (tertiary/aromatic N) is 1. The Morgan fingerprint density at radius 3 is 2.70 bits per heavy atom. The molecule has 1 aliphatic carbocycles. The molecular formula is C24H30N2O4. The van der Waals surface area contributed by atoms with E-state index >= 15 is 0 Å². The molecule has 6 nitrogen and oxygen atoms in total. The van der Waals surface area contributed by atoms with Crippen molar-refractivity contribution >= 4 is 6.09 Å². The summed E-state index contributed by atoms with van der Waals surface area (Å²) in [6, 6.07) is 14.2. The zero-order chi connectivity index (χ0) is 21.1. The summed E-state index contributed by atoms with van der Waals surface area (Å²) in [4.78, 5) is 13.6. The summed E-state index contributed by atoms with van der Waals surface area (Å²) < 4.78 is 10.5. The van der Waals surface area contributed by atoms with Crippen molar-refractivity contribution in [3.8, 4) is 5.75 Å². The van der Waals surface area contributed by atoms with Gasteiger partial charge in [-0.25, -0.2) is 4.79 Å². The molecule has 2 atom stereocenters. The summed E-state index contributed by atoms with van der Waals surface area (Å²) in [7, 11) is 1.36. The number of carbonyl (C=O) groups is 1. The second kappa shape index (κ2) is 9.06. The predicted octanol–water partition coefficient (Wildman–Crippen LogP) is 3.94. The molecule has 1 saturated carbocycles. The molecule has 0 spiro atoms. The lowest BCUT2D eigenvalue weighted by atomic mass is 9.96. The van der Waals surface area contributed by atoms with Gasteiger partial charge in [-0.05, 0) is 60.1 Å². The second-order valence-electron chi connectivity index (χ2n) is 8.40. The number of amides is 1. The van der Waals surface area contributed by atoms with Crippen LogP contribution < -0.4 is 10.1 Å². The molecule has 2 aromatic carbocycles. The van der Waals surface area contributed by atoms with Crippen molar-refractivity contribution in [2.45, 2.75) is 45.0 Å². The van der Waals surface area contributed by atoms with Gasteiger partial charge in [0.05, 0.1) is 25.9 Å². The van der Waals surface area contributed by atoms with Gasteiger partial charge in [0.15, 0.2) is 0 Å². The minimum atomic E-state index is -0.512. The van der Waals surface area contributed by atoms with Crippen molar-refractivity contribution < 1.29 is 19.4 Å². The number of benzene rings is 2. The lowest BCUT2D eigenvalue weighted by molar-refractivity contribution is 0.0878. The third-order valence-electron chi connectivity index (χ3n) is 5.89. The van der Waals surface area contributed by atoms with Gasteiger partial charge in [0.25, 0.3) is 0 Å². The van der Waals surface area contributed by atoms with Crippen molar-refractivity contribution in [3.05, 3.63) is 64.7 Å². The Balaban J connectivity index is 1.36. The van der Waals surface area contributed by atoms with Crippen LogP contribution in [0.25, 0.3) is 0 Å². The molecule has 4 rings (SSSR count). The number of carbonyl (C=O) groups excluding carboxylic acids is 1.